The first-order valence-corrected chi connectivity index (χ1v) is 10.7. The van der Waals surface area contributed by atoms with Crippen molar-refractivity contribution in [3.8, 4) is 11.1 Å². The lowest BCUT2D eigenvalue weighted by atomic mass is 10.0. The molecule has 148 valence electrons. The summed E-state index contributed by atoms with van der Waals surface area (Å²) in [5.41, 5.74) is 6.10. The number of fused-ring (bicyclic) bond motifs is 4. The lowest BCUT2D eigenvalue weighted by Crippen LogP contribution is -2.37. The Kier molecular flexibility index (Phi) is 3.81. The number of carbonyl (C=O) groups excluding carboxylic acids is 2. The van der Waals surface area contributed by atoms with Crippen LogP contribution in [0.4, 0.5) is 5.69 Å². The first kappa shape index (κ1) is 17.2. The maximum atomic E-state index is 13.1. The quantitative estimate of drug-likeness (QED) is 0.734. The number of nitrogens with zero attached hydrogens (tertiary/aromatic N) is 2. The van der Waals surface area contributed by atoms with E-state index < -0.39 is 0 Å². The topological polar surface area (TPSA) is 52.7 Å². The van der Waals surface area contributed by atoms with E-state index in [-0.39, 0.29) is 17.7 Å². The highest BCUT2D eigenvalue weighted by Crippen LogP contribution is 2.39. The molecular formula is C24H25N3O2. The molecule has 0 aromatic heterocycles. The van der Waals surface area contributed by atoms with E-state index in [4.69, 9.17) is 0 Å². The molecule has 3 heterocycles. The van der Waals surface area contributed by atoms with Crippen molar-refractivity contribution in [1.82, 2.24) is 10.2 Å². The van der Waals surface area contributed by atoms with Gasteiger partial charge in [0.1, 0.15) is 0 Å². The number of carbonyl (C=O) groups is 2. The molecule has 3 atom stereocenters. The van der Waals surface area contributed by atoms with Crippen LogP contribution in [0.3, 0.4) is 0 Å². The van der Waals surface area contributed by atoms with E-state index in [1.807, 2.05) is 15.9 Å². The van der Waals surface area contributed by atoms with Gasteiger partial charge in [-0.2, -0.15) is 0 Å². The average molecular weight is 387 g/mol. The Morgan fingerprint density at radius 2 is 1.69 bits per heavy atom. The van der Waals surface area contributed by atoms with Crippen LogP contribution in [0, 0.1) is 17.8 Å². The van der Waals surface area contributed by atoms with Gasteiger partial charge in [0.15, 0.2) is 0 Å². The lowest BCUT2D eigenvalue weighted by Gasteiger charge is -2.22. The first-order chi connectivity index (χ1) is 14.2. The second-order valence-corrected chi connectivity index (χ2v) is 9.00. The summed E-state index contributed by atoms with van der Waals surface area (Å²) in [5, 5.41) is 3.42. The van der Waals surface area contributed by atoms with Crippen molar-refractivity contribution in [3.63, 3.8) is 0 Å². The van der Waals surface area contributed by atoms with Crippen LogP contribution in [-0.2, 0) is 16.0 Å². The molecule has 5 nitrogen and oxygen atoms in total. The molecule has 5 heteroatoms. The molecule has 3 saturated heterocycles. The average Bonchev–Trinajstić information content (AvgIpc) is 3.48. The normalized spacial score (nSPS) is 27.3. The Balaban J connectivity index is 1.20. The molecule has 3 aliphatic heterocycles. The van der Waals surface area contributed by atoms with Crippen LogP contribution in [0.15, 0.2) is 42.5 Å². The number of amides is 2. The summed E-state index contributed by atoms with van der Waals surface area (Å²) >= 11 is 0. The van der Waals surface area contributed by atoms with E-state index >= 15 is 0 Å². The summed E-state index contributed by atoms with van der Waals surface area (Å²) < 4.78 is 0. The summed E-state index contributed by atoms with van der Waals surface area (Å²) in [7, 11) is 0. The zero-order valence-electron chi connectivity index (χ0n) is 16.4. The predicted octanol–water partition coefficient (Wildman–Crippen LogP) is 2.29. The number of likely N-dealkylation sites (tertiary alicyclic amines) is 1. The third kappa shape index (κ3) is 2.71. The Hall–Kier alpha value is -2.66. The molecule has 4 aliphatic rings. The summed E-state index contributed by atoms with van der Waals surface area (Å²) in [4.78, 5) is 29.7. The summed E-state index contributed by atoms with van der Waals surface area (Å²) in [6.45, 7) is 4.23. The zero-order valence-corrected chi connectivity index (χ0v) is 16.4. The highest BCUT2D eigenvalue weighted by Gasteiger charge is 2.43. The molecular weight excluding hydrogens is 362 g/mol. The van der Waals surface area contributed by atoms with Gasteiger partial charge in [0, 0.05) is 44.8 Å². The number of hydrogen-bond donors (Lipinski definition) is 1. The van der Waals surface area contributed by atoms with Crippen molar-refractivity contribution in [1.29, 1.82) is 0 Å². The van der Waals surface area contributed by atoms with Gasteiger partial charge in [-0.25, -0.2) is 0 Å². The van der Waals surface area contributed by atoms with Crippen molar-refractivity contribution >= 4 is 17.5 Å². The van der Waals surface area contributed by atoms with Gasteiger partial charge in [-0.1, -0.05) is 30.3 Å². The third-order valence-corrected chi connectivity index (χ3v) is 7.26. The van der Waals surface area contributed by atoms with Crippen LogP contribution in [0.25, 0.3) is 11.1 Å². The molecule has 0 bridgehead atoms. The SMILES string of the molecule is O=C(C1CC(=O)N(c2ccc3c(c2)Cc2ccccc2-3)C1)N1C[C@H]2CNC[C@H]2C1. The summed E-state index contributed by atoms with van der Waals surface area (Å²) in [6, 6.07) is 14.8. The number of anilines is 1. The predicted molar refractivity (Wildman–Crippen MR) is 112 cm³/mol. The van der Waals surface area contributed by atoms with Gasteiger partial charge >= 0.3 is 0 Å². The molecule has 0 radical (unpaired) electrons. The monoisotopic (exact) mass is 387 g/mol. The molecule has 0 spiro atoms. The Morgan fingerprint density at radius 3 is 2.52 bits per heavy atom. The summed E-state index contributed by atoms with van der Waals surface area (Å²) in [6.07, 6.45) is 1.24. The Bertz CT molecular complexity index is 1000. The minimum absolute atomic E-state index is 0.0693. The van der Waals surface area contributed by atoms with Gasteiger partial charge in [0.05, 0.1) is 5.92 Å². The molecule has 29 heavy (non-hydrogen) atoms. The van der Waals surface area contributed by atoms with E-state index in [0.29, 0.717) is 24.8 Å². The highest BCUT2D eigenvalue weighted by molar-refractivity contribution is 6.00. The number of hydrogen-bond acceptors (Lipinski definition) is 3. The van der Waals surface area contributed by atoms with Crippen LogP contribution in [0.5, 0.6) is 0 Å². The van der Waals surface area contributed by atoms with Crippen LogP contribution in [0.1, 0.15) is 17.5 Å². The smallest absolute Gasteiger partial charge is 0.228 e. The molecule has 1 unspecified atom stereocenters. The van der Waals surface area contributed by atoms with Gasteiger partial charge in [-0.05, 0) is 52.6 Å². The first-order valence-electron chi connectivity index (χ1n) is 10.7. The summed E-state index contributed by atoms with van der Waals surface area (Å²) in [5.74, 6) is 1.21. The van der Waals surface area contributed by atoms with E-state index in [1.165, 1.54) is 22.3 Å². The maximum absolute atomic E-state index is 13.1. The molecule has 2 aromatic rings. The minimum Gasteiger partial charge on any atom is -0.342 e. The number of benzene rings is 2. The van der Waals surface area contributed by atoms with Crippen LogP contribution in [-0.4, -0.2) is 49.4 Å². The van der Waals surface area contributed by atoms with Crippen molar-refractivity contribution in [2.75, 3.05) is 37.6 Å². The molecule has 6 rings (SSSR count). The minimum atomic E-state index is -0.209. The van der Waals surface area contributed by atoms with Gasteiger partial charge in [0.25, 0.3) is 0 Å². The highest BCUT2D eigenvalue weighted by atomic mass is 16.2. The zero-order chi connectivity index (χ0) is 19.5. The van der Waals surface area contributed by atoms with Gasteiger partial charge in [-0.15, -0.1) is 0 Å². The van der Waals surface area contributed by atoms with E-state index in [9.17, 15) is 9.59 Å². The second-order valence-electron chi connectivity index (χ2n) is 9.00. The molecule has 2 aromatic carbocycles. The number of nitrogens with one attached hydrogen (secondary N) is 1. The van der Waals surface area contributed by atoms with Crippen molar-refractivity contribution in [3.05, 3.63) is 53.6 Å². The fourth-order valence-electron chi connectivity index (χ4n) is 5.72. The van der Waals surface area contributed by atoms with E-state index in [0.717, 1.165) is 38.3 Å². The van der Waals surface area contributed by atoms with Crippen LogP contribution >= 0.6 is 0 Å². The van der Waals surface area contributed by atoms with Gasteiger partial charge in [0.2, 0.25) is 11.8 Å². The maximum Gasteiger partial charge on any atom is 0.228 e. The van der Waals surface area contributed by atoms with Crippen LogP contribution < -0.4 is 10.2 Å². The largest absolute Gasteiger partial charge is 0.342 e. The van der Waals surface area contributed by atoms with Crippen LogP contribution in [0.2, 0.25) is 0 Å². The molecule has 1 N–H and O–H groups in total. The molecule has 1 aliphatic carbocycles. The van der Waals surface area contributed by atoms with Gasteiger partial charge in [-0.3, -0.25) is 9.59 Å². The van der Waals surface area contributed by atoms with E-state index in [1.54, 1.807) is 0 Å². The second kappa shape index (κ2) is 6.42. The van der Waals surface area contributed by atoms with Gasteiger partial charge < -0.3 is 15.1 Å². The van der Waals surface area contributed by atoms with Crippen molar-refractivity contribution in [2.45, 2.75) is 12.8 Å². The van der Waals surface area contributed by atoms with Crippen molar-refractivity contribution in [2.24, 2.45) is 17.8 Å². The molecule has 2 amide bonds. The van der Waals surface area contributed by atoms with Crippen molar-refractivity contribution < 1.29 is 9.59 Å². The Morgan fingerprint density at radius 1 is 0.931 bits per heavy atom. The molecule has 3 fully saturated rings. The third-order valence-electron chi connectivity index (χ3n) is 7.26. The van der Waals surface area contributed by atoms with E-state index in [2.05, 4.69) is 41.7 Å². The lowest BCUT2D eigenvalue weighted by molar-refractivity contribution is -0.135. The molecule has 0 saturated carbocycles. The fraction of sp³-hybridized carbons (Fsp3) is 0.417. The fourth-order valence-corrected chi connectivity index (χ4v) is 5.72. The Labute approximate surface area is 170 Å². The number of rotatable bonds is 2. The standard InChI is InChI=1S/C24H25N3O2/c28-23-9-17(24(29)26-12-18-10-25-11-19(18)13-26)14-27(23)20-5-6-22-16(8-20)7-15-3-1-2-4-21(15)22/h1-6,8,17-19,25H,7,9-14H2/t17?,18-,19+.